The van der Waals surface area contributed by atoms with Crippen molar-refractivity contribution in [1.29, 1.82) is 0 Å². The molecule has 0 saturated carbocycles. The van der Waals surface area contributed by atoms with Gasteiger partial charge in [-0.2, -0.15) is 0 Å². The molecule has 0 heterocycles. The summed E-state index contributed by atoms with van der Waals surface area (Å²) in [6.07, 6.45) is 0.190. The van der Waals surface area contributed by atoms with Crippen LogP contribution in [0, 0.1) is 5.92 Å². The number of carbonyl (C=O) groups is 3. The molecule has 3 N–H and O–H groups in total. The normalized spacial score (nSPS) is 12.4. The van der Waals surface area contributed by atoms with Crippen LogP contribution in [0.5, 0.6) is 0 Å². The Kier molecular flexibility index (Phi) is 7.76. The number of hydrogen-bond acceptors (Lipinski definition) is 3. The van der Waals surface area contributed by atoms with Crippen LogP contribution in [-0.2, 0) is 9.59 Å². The molecular weight excluding hydrogens is 274 g/mol. The van der Waals surface area contributed by atoms with Crippen molar-refractivity contribution in [3.8, 4) is 0 Å². The maximum atomic E-state index is 11.9. The van der Waals surface area contributed by atoms with Crippen LogP contribution in [0.4, 0.5) is 4.79 Å². The minimum Gasteiger partial charge on any atom is -0.481 e. The molecule has 0 aromatic carbocycles. The van der Waals surface area contributed by atoms with Crippen LogP contribution in [0.2, 0.25) is 0 Å². The van der Waals surface area contributed by atoms with Crippen molar-refractivity contribution in [2.24, 2.45) is 5.92 Å². The summed E-state index contributed by atoms with van der Waals surface area (Å²) in [4.78, 5) is 35.7. The molecule has 0 radical (unpaired) electrons. The predicted molar refractivity (Wildman–Crippen MR) is 80.0 cm³/mol. The minimum absolute atomic E-state index is 0.134. The summed E-state index contributed by atoms with van der Waals surface area (Å²) < 4.78 is 0. The number of aliphatic carboxylic acids is 1. The van der Waals surface area contributed by atoms with E-state index in [2.05, 4.69) is 10.6 Å². The van der Waals surface area contributed by atoms with E-state index in [4.69, 9.17) is 5.11 Å². The molecule has 0 aliphatic rings. The van der Waals surface area contributed by atoms with Crippen LogP contribution in [0.25, 0.3) is 0 Å². The number of amides is 3. The van der Waals surface area contributed by atoms with Gasteiger partial charge in [-0.3, -0.25) is 9.59 Å². The van der Waals surface area contributed by atoms with E-state index in [9.17, 15) is 14.4 Å². The average molecular weight is 301 g/mol. The van der Waals surface area contributed by atoms with Crippen molar-refractivity contribution in [3.63, 3.8) is 0 Å². The molecule has 7 heteroatoms. The highest BCUT2D eigenvalue weighted by atomic mass is 16.4. The standard InChI is InChI=1S/C14H27N3O4/c1-6-17(9-10(2)12(19)20)13(21)15-8-7-11(18)16-14(3,4)5/h10H,6-9H2,1-5H3,(H,15,21)(H,16,18)(H,19,20). The number of nitrogens with one attached hydrogen (secondary N) is 2. The number of hydrogen-bond donors (Lipinski definition) is 3. The molecule has 7 nitrogen and oxygen atoms in total. The van der Waals surface area contributed by atoms with Crippen LogP contribution in [0.1, 0.15) is 41.0 Å². The fourth-order valence-electron chi connectivity index (χ4n) is 1.64. The molecule has 3 amide bonds. The fraction of sp³-hybridized carbons (Fsp3) is 0.786. The van der Waals surface area contributed by atoms with E-state index >= 15 is 0 Å². The topological polar surface area (TPSA) is 98.7 Å². The molecule has 0 aromatic rings. The summed E-state index contributed by atoms with van der Waals surface area (Å²) in [5, 5.41) is 14.3. The number of carboxylic acids is 1. The Morgan fingerprint density at radius 1 is 1.24 bits per heavy atom. The highest BCUT2D eigenvalue weighted by Crippen LogP contribution is 2.01. The van der Waals surface area contributed by atoms with Crippen molar-refractivity contribution in [2.45, 2.75) is 46.6 Å². The summed E-state index contributed by atoms with van der Waals surface area (Å²) in [7, 11) is 0. The highest BCUT2D eigenvalue weighted by molar-refractivity contribution is 5.79. The second-order valence-corrected chi connectivity index (χ2v) is 6.06. The van der Waals surface area contributed by atoms with Crippen LogP contribution < -0.4 is 10.6 Å². The molecular formula is C14H27N3O4. The van der Waals surface area contributed by atoms with E-state index in [1.54, 1.807) is 13.8 Å². The van der Waals surface area contributed by atoms with Gasteiger partial charge in [0.2, 0.25) is 5.91 Å². The summed E-state index contributed by atoms with van der Waals surface area (Å²) >= 11 is 0. The van der Waals surface area contributed by atoms with Crippen LogP contribution in [0.15, 0.2) is 0 Å². The van der Waals surface area contributed by atoms with E-state index in [0.717, 1.165) is 0 Å². The number of carboxylic acid groups (broad SMARTS) is 1. The molecule has 0 aliphatic carbocycles. The smallest absolute Gasteiger partial charge is 0.317 e. The minimum atomic E-state index is -0.939. The van der Waals surface area contributed by atoms with Crippen molar-refractivity contribution < 1.29 is 19.5 Å². The zero-order valence-electron chi connectivity index (χ0n) is 13.5. The molecule has 21 heavy (non-hydrogen) atoms. The van der Waals surface area contributed by atoms with Crippen LogP contribution in [-0.4, -0.2) is 53.1 Å². The highest BCUT2D eigenvalue weighted by Gasteiger charge is 2.19. The first-order chi connectivity index (χ1) is 9.56. The van der Waals surface area contributed by atoms with Crippen molar-refractivity contribution in [2.75, 3.05) is 19.6 Å². The van der Waals surface area contributed by atoms with Gasteiger partial charge in [-0.15, -0.1) is 0 Å². The zero-order valence-corrected chi connectivity index (χ0v) is 13.5. The third-order valence-corrected chi connectivity index (χ3v) is 2.73. The third kappa shape index (κ3) is 8.88. The Labute approximate surface area is 126 Å². The lowest BCUT2D eigenvalue weighted by Crippen LogP contribution is -2.45. The Morgan fingerprint density at radius 3 is 2.24 bits per heavy atom. The maximum absolute atomic E-state index is 11.9. The van der Waals surface area contributed by atoms with Crippen molar-refractivity contribution in [1.82, 2.24) is 15.5 Å². The molecule has 0 fully saturated rings. The Morgan fingerprint density at radius 2 is 1.81 bits per heavy atom. The lowest BCUT2D eigenvalue weighted by Gasteiger charge is -2.24. The SMILES string of the molecule is CCN(CC(C)C(=O)O)C(=O)NCCC(=O)NC(C)(C)C. The average Bonchev–Trinajstić information content (AvgIpc) is 2.32. The molecule has 1 atom stereocenters. The van der Waals surface area contributed by atoms with E-state index in [0.29, 0.717) is 6.54 Å². The molecule has 0 aromatic heterocycles. The number of nitrogens with zero attached hydrogens (tertiary/aromatic N) is 1. The number of rotatable bonds is 7. The molecule has 0 rings (SSSR count). The largest absolute Gasteiger partial charge is 0.481 e. The first-order valence-corrected chi connectivity index (χ1v) is 7.13. The lowest BCUT2D eigenvalue weighted by atomic mass is 10.1. The second kappa shape index (κ2) is 8.49. The van der Waals surface area contributed by atoms with Gasteiger partial charge in [-0.1, -0.05) is 6.92 Å². The monoisotopic (exact) mass is 301 g/mol. The molecule has 1 unspecified atom stereocenters. The van der Waals surface area contributed by atoms with Gasteiger partial charge in [0.25, 0.3) is 0 Å². The Balaban J connectivity index is 4.17. The number of carbonyl (C=O) groups excluding carboxylic acids is 2. The lowest BCUT2D eigenvalue weighted by molar-refractivity contribution is -0.141. The van der Waals surface area contributed by atoms with Gasteiger partial charge in [0.1, 0.15) is 0 Å². The zero-order chi connectivity index (χ0) is 16.6. The van der Waals surface area contributed by atoms with Gasteiger partial charge >= 0.3 is 12.0 Å². The first kappa shape index (κ1) is 19.2. The molecule has 0 spiro atoms. The van der Waals surface area contributed by atoms with Crippen molar-refractivity contribution in [3.05, 3.63) is 0 Å². The van der Waals surface area contributed by atoms with Gasteiger partial charge in [-0.05, 0) is 27.7 Å². The van der Waals surface area contributed by atoms with Crippen LogP contribution in [0.3, 0.4) is 0 Å². The first-order valence-electron chi connectivity index (χ1n) is 7.13. The quantitative estimate of drug-likeness (QED) is 0.654. The summed E-state index contributed by atoms with van der Waals surface area (Å²) in [6, 6.07) is -0.353. The Hall–Kier alpha value is -1.79. The van der Waals surface area contributed by atoms with Crippen LogP contribution >= 0.6 is 0 Å². The summed E-state index contributed by atoms with van der Waals surface area (Å²) in [5.41, 5.74) is -0.298. The van der Waals surface area contributed by atoms with Gasteiger partial charge in [0.05, 0.1) is 5.92 Å². The maximum Gasteiger partial charge on any atom is 0.317 e. The summed E-state index contributed by atoms with van der Waals surface area (Å²) in [6.45, 7) is 9.76. The molecule has 0 aliphatic heterocycles. The predicted octanol–water partition coefficient (Wildman–Crippen LogP) is 1.04. The third-order valence-electron chi connectivity index (χ3n) is 2.73. The molecule has 0 bridgehead atoms. The van der Waals surface area contributed by atoms with E-state index in [1.807, 2.05) is 20.8 Å². The van der Waals surface area contributed by atoms with E-state index in [1.165, 1.54) is 4.90 Å². The molecule has 0 saturated heterocycles. The summed E-state index contributed by atoms with van der Waals surface area (Å²) in [5.74, 6) is -1.70. The van der Waals surface area contributed by atoms with Gasteiger partial charge in [-0.25, -0.2) is 4.79 Å². The van der Waals surface area contributed by atoms with Crippen molar-refractivity contribution >= 4 is 17.9 Å². The number of urea groups is 1. The van der Waals surface area contributed by atoms with Gasteiger partial charge in [0, 0.05) is 31.6 Å². The fourth-order valence-corrected chi connectivity index (χ4v) is 1.64. The van der Waals surface area contributed by atoms with E-state index < -0.39 is 11.9 Å². The van der Waals surface area contributed by atoms with E-state index in [-0.39, 0.29) is 37.0 Å². The Bertz CT molecular complexity index is 377. The van der Waals surface area contributed by atoms with Gasteiger partial charge in [0.15, 0.2) is 0 Å². The second-order valence-electron chi connectivity index (χ2n) is 6.06. The molecule has 122 valence electrons. The van der Waals surface area contributed by atoms with Gasteiger partial charge < -0.3 is 20.6 Å².